The lowest BCUT2D eigenvalue weighted by Gasteiger charge is -2.05. The summed E-state index contributed by atoms with van der Waals surface area (Å²) in [5.74, 6) is 1.47. The van der Waals surface area contributed by atoms with Gasteiger partial charge >= 0.3 is 0 Å². The molecule has 21 heavy (non-hydrogen) atoms. The van der Waals surface area contributed by atoms with Gasteiger partial charge in [-0.1, -0.05) is 23.9 Å². The molecule has 0 aliphatic rings. The maximum atomic E-state index is 8.83. The van der Waals surface area contributed by atoms with E-state index in [9.17, 15) is 0 Å². The average molecular weight is 296 g/mol. The molecule has 2 aromatic heterocycles. The fourth-order valence-electron chi connectivity index (χ4n) is 1.87. The monoisotopic (exact) mass is 296 g/mol. The largest absolute Gasteiger partial charge is 0.493 e. The number of thioether (sulfide) groups is 1. The molecule has 0 aliphatic carbocycles. The van der Waals surface area contributed by atoms with Gasteiger partial charge < -0.3 is 4.74 Å². The number of fused-ring (bicyclic) bond motifs is 1. The van der Waals surface area contributed by atoms with E-state index in [4.69, 9.17) is 10.00 Å². The third kappa shape index (κ3) is 3.15. The summed E-state index contributed by atoms with van der Waals surface area (Å²) in [7, 11) is 0. The van der Waals surface area contributed by atoms with Crippen LogP contribution in [0.2, 0.25) is 0 Å². The van der Waals surface area contributed by atoms with Crippen molar-refractivity contribution in [3.05, 3.63) is 54.2 Å². The maximum absolute atomic E-state index is 8.83. The highest BCUT2D eigenvalue weighted by Gasteiger charge is 2.04. The minimum atomic E-state index is 0.543. The molecule has 0 aliphatic heterocycles. The van der Waals surface area contributed by atoms with Gasteiger partial charge in [0.25, 0.3) is 0 Å². The van der Waals surface area contributed by atoms with Crippen molar-refractivity contribution in [3.63, 3.8) is 0 Å². The molecular formula is C15H12N4OS. The predicted molar refractivity (Wildman–Crippen MR) is 80.4 cm³/mol. The third-order valence-corrected chi connectivity index (χ3v) is 3.74. The van der Waals surface area contributed by atoms with Crippen LogP contribution in [-0.4, -0.2) is 27.0 Å². The van der Waals surface area contributed by atoms with Crippen LogP contribution < -0.4 is 4.74 Å². The molecule has 0 bridgehead atoms. The normalized spacial score (nSPS) is 10.4. The summed E-state index contributed by atoms with van der Waals surface area (Å²) in [6, 6.07) is 15.0. The topological polar surface area (TPSA) is 63.2 Å². The van der Waals surface area contributed by atoms with Crippen LogP contribution in [-0.2, 0) is 0 Å². The molecule has 0 atom stereocenters. The number of hydrogen-bond acceptors (Lipinski definition) is 5. The van der Waals surface area contributed by atoms with Gasteiger partial charge in [-0.15, -0.1) is 10.2 Å². The molecule has 3 rings (SSSR count). The SMILES string of the molecule is N#Cc1cccc(OCCSc2nnc3ccccn23)c1. The van der Waals surface area contributed by atoms with E-state index in [2.05, 4.69) is 16.3 Å². The molecule has 0 saturated heterocycles. The predicted octanol–water partition coefficient (Wildman–Crippen LogP) is 2.77. The number of pyridine rings is 1. The highest BCUT2D eigenvalue weighted by atomic mass is 32.2. The number of nitriles is 1. The van der Waals surface area contributed by atoms with Crippen molar-refractivity contribution in [2.24, 2.45) is 0 Å². The van der Waals surface area contributed by atoms with Gasteiger partial charge in [-0.2, -0.15) is 5.26 Å². The van der Waals surface area contributed by atoms with E-state index >= 15 is 0 Å². The second-order valence-corrected chi connectivity index (χ2v) is 5.31. The summed E-state index contributed by atoms with van der Waals surface area (Å²) in [4.78, 5) is 0. The first-order valence-electron chi connectivity index (χ1n) is 6.42. The Kier molecular flexibility index (Phi) is 4.03. The van der Waals surface area contributed by atoms with Crippen molar-refractivity contribution in [2.45, 2.75) is 5.16 Å². The van der Waals surface area contributed by atoms with Gasteiger partial charge in [0.2, 0.25) is 0 Å². The summed E-state index contributed by atoms with van der Waals surface area (Å²) in [5.41, 5.74) is 1.44. The van der Waals surface area contributed by atoms with Crippen LogP contribution in [0.4, 0.5) is 0 Å². The van der Waals surface area contributed by atoms with Gasteiger partial charge in [0.1, 0.15) is 5.75 Å². The summed E-state index contributed by atoms with van der Waals surface area (Å²) in [6.07, 6.45) is 1.94. The Balaban J connectivity index is 1.55. The Hall–Kier alpha value is -2.52. The Bertz CT molecular complexity index is 793. The number of hydrogen-bond donors (Lipinski definition) is 0. The summed E-state index contributed by atoms with van der Waals surface area (Å²) >= 11 is 1.59. The zero-order valence-electron chi connectivity index (χ0n) is 11.1. The summed E-state index contributed by atoms with van der Waals surface area (Å²) < 4.78 is 7.57. The van der Waals surface area contributed by atoms with E-state index in [0.29, 0.717) is 17.9 Å². The molecule has 0 saturated carbocycles. The van der Waals surface area contributed by atoms with E-state index in [1.54, 1.807) is 23.9 Å². The van der Waals surface area contributed by atoms with E-state index in [0.717, 1.165) is 16.6 Å². The van der Waals surface area contributed by atoms with Crippen molar-refractivity contribution >= 4 is 17.4 Å². The highest BCUT2D eigenvalue weighted by Crippen LogP contribution is 2.17. The van der Waals surface area contributed by atoms with E-state index in [-0.39, 0.29) is 0 Å². The Labute approximate surface area is 126 Å². The summed E-state index contributed by atoms with van der Waals surface area (Å²) in [5, 5.41) is 17.9. The molecule has 0 spiro atoms. The second kappa shape index (κ2) is 6.29. The molecule has 5 nitrogen and oxygen atoms in total. The van der Waals surface area contributed by atoms with E-state index < -0.39 is 0 Å². The molecule has 1 aromatic carbocycles. The van der Waals surface area contributed by atoms with Gasteiger partial charge in [0.05, 0.1) is 18.2 Å². The van der Waals surface area contributed by atoms with Crippen molar-refractivity contribution < 1.29 is 4.74 Å². The third-order valence-electron chi connectivity index (χ3n) is 2.83. The molecule has 0 unspecified atom stereocenters. The number of rotatable bonds is 5. The average Bonchev–Trinajstić information content (AvgIpc) is 2.95. The fraction of sp³-hybridized carbons (Fsp3) is 0.133. The van der Waals surface area contributed by atoms with Crippen LogP contribution in [0, 0.1) is 11.3 Å². The first-order chi connectivity index (χ1) is 10.4. The lowest BCUT2D eigenvalue weighted by molar-refractivity contribution is 0.344. The molecule has 2 heterocycles. The van der Waals surface area contributed by atoms with Crippen molar-refractivity contribution in [1.82, 2.24) is 14.6 Å². The van der Waals surface area contributed by atoms with Crippen LogP contribution >= 0.6 is 11.8 Å². The minimum absolute atomic E-state index is 0.543. The Morgan fingerprint density at radius 3 is 3.05 bits per heavy atom. The van der Waals surface area contributed by atoms with Crippen molar-refractivity contribution in [3.8, 4) is 11.8 Å². The Morgan fingerprint density at radius 1 is 1.19 bits per heavy atom. The van der Waals surface area contributed by atoms with Crippen LogP contribution in [0.15, 0.2) is 53.8 Å². The van der Waals surface area contributed by atoms with Crippen LogP contribution in [0.5, 0.6) is 5.75 Å². The quantitative estimate of drug-likeness (QED) is 0.535. The molecule has 0 fully saturated rings. The molecule has 3 aromatic rings. The van der Waals surface area contributed by atoms with Gasteiger partial charge in [-0.3, -0.25) is 4.40 Å². The first-order valence-corrected chi connectivity index (χ1v) is 7.41. The van der Waals surface area contributed by atoms with Crippen LogP contribution in [0.1, 0.15) is 5.56 Å². The smallest absolute Gasteiger partial charge is 0.195 e. The van der Waals surface area contributed by atoms with Gasteiger partial charge in [-0.25, -0.2) is 0 Å². The number of aromatic nitrogens is 3. The lowest BCUT2D eigenvalue weighted by atomic mass is 10.2. The van der Waals surface area contributed by atoms with Gasteiger partial charge in [0.15, 0.2) is 10.8 Å². The number of ether oxygens (including phenoxy) is 1. The zero-order chi connectivity index (χ0) is 14.5. The number of nitrogens with zero attached hydrogens (tertiary/aromatic N) is 4. The van der Waals surface area contributed by atoms with Gasteiger partial charge in [0, 0.05) is 11.9 Å². The fourth-order valence-corrected chi connectivity index (χ4v) is 2.61. The van der Waals surface area contributed by atoms with Crippen LogP contribution in [0.3, 0.4) is 0 Å². The molecule has 104 valence electrons. The van der Waals surface area contributed by atoms with Crippen LogP contribution in [0.25, 0.3) is 5.65 Å². The van der Waals surface area contributed by atoms with Crippen molar-refractivity contribution in [1.29, 1.82) is 5.26 Å². The standard InChI is InChI=1S/C15H12N4OS/c16-11-12-4-3-5-13(10-12)20-8-9-21-15-18-17-14-6-1-2-7-19(14)15/h1-7,10H,8-9H2. The van der Waals surface area contributed by atoms with Gasteiger partial charge in [-0.05, 0) is 30.3 Å². The van der Waals surface area contributed by atoms with E-state index in [1.165, 1.54) is 0 Å². The zero-order valence-corrected chi connectivity index (χ0v) is 12.0. The molecule has 0 radical (unpaired) electrons. The van der Waals surface area contributed by atoms with E-state index in [1.807, 2.05) is 40.9 Å². The lowest BCUT2D eigenvalue weighted by Crippen LogP contribution is -2.01. The second-order valence-electron chi connectivity index (χ2n) is 4.25. The van der Waals surface area contributed by atoms with Crippen molar-refractivity contribution in [2.75, 3.05) is 12.4 Å². The Morgan fingerprint density at radius 2 is 2.14 bits per heavy atom. The molecule has 6 heteroatoms. The maximum Gasteiger partial charge on any atom is 0.195 e. The molecule has 0 amide bonds. The number of benzene rings is 1. The molecular weight excluding hydrogens is 284 g/mol. The first kappa shape index (κ1) is 13.5. The summed E-state index contributed by atoms with van der Waals surface area (Å²) in [6.45, 7) is 0.543. The molecule has 0 N–H and O–H groups in total. The minimum Gasteiger partial charge on any atom is -0.493 e. The highest BCUT2D eigenvalue weighted by molar-refractivity contribution is 7.99.